The molecular weight excluding hydrogens is 316 g/mol. The standard InChI is InChI=1S/C16H19BrN2O/c1-19(11-13-5-3-4-6-16(13)20-2)14-8-7-12(10-18)15(17)9-14/h3-9H,10-11,18H2,1-2H3. The van der Waals surface area contributed by atoms with Crippen molar-refractivity contribution in [2.75, 3.05) is 19.1 Å². The van der Waals surface area contributed by atoms with E-state index in [-0.39, 0.29) is 0 Å². The normalized spacial score (nSPS) is 10.4. The molecule has 2 rings (SSSR count). The van der Waals surface area contributed by atoms with E-state index in [1.54, 1.807) is 7.11 Å². The molecule has 2 aromatic carbocycles. The van der Waals surface area contributed by atoms with Crippen molar-refractivity contribution < 1.29 is 4.74 Å². The molecule has 0 aromatic heterocycles. The molecule has 2 aromatic rings. The van der Waals surface area contributed by atoms with Crippen molar-refractivity contribution in [3.05, 3.63) is 58.1 Å². The van der Waals surface area contributed by atoms with E-state index in [9.17, 15) is 0 Å². The second-order valence-electron chi connectivity index (χ2n) is 4.65. The van der Waals surface area contributed by atoms with Gasteiger partial charge in [-0.3, -0.25) is 0 Å². The molecule has 0 saturated carbocycles. The van der Waals surface area contributed by atoms with Crippen LogP contribution in [-0.4, -0.2) is 14.2 Å². The molecule has 0 aliphatic rings. The highest BCUT2D eigenvalue weighted by molar-refractivity contribution is 9.10. The van der Waals surface area contributed by atoms with Crippen LogP contribution < -0.4 is 15.4 Å². The molecule has 3 nitrogen and oxygen atoms in total. The summed E-state index contributed by atoms with van der Waals surface area (Å²) in [5.41, 5.74) is 9.09. The maximum atomic E-state index is 5.68. The number of nitrogens with two attached hydrogens (primary N) is 1. The van der Waals surface area contributed by atoms with Gasteiger partial charge in [0.15, 0.2) is 0 Å². The summed E-state index contributed by atoms with van der Waals surface area (Å²) in [4.78, 5) is 2.18. The Kier molecular flexibility index (Phi) is 5.04. The Bertz CT molecular complexity index is 586. The Morgan fingerprint density at radius 1 is 1.15 bits per heavy atom. The average Bonchev–Trinajstić information content (AvgIpc) is 2.47. The number of methoxy groups -OCH3 is 1. The van der Waals surface area contributed by atoms with Gasteiger partial charge in [0.25, 0.3) is 0 Å². The maximum absolute atomic E-state index is 5.68. The molecule has 0 radical (unpaired) electrons. The summed E-state index contributed by atoms with van der Waals surface area (Å²) in [5.74, 6) is 0.914. The molecule has 0 amide bonds. The van der Waals surface area contributed by atoms with Crippen LogP contribution in [0.2, 0.25) is 0 Å². The number of ether oxygens (including phenoxy) is 1. The van der Waals surface area contributed by atoms with Crippen LogP contribution in [-0.2, 0) is 13.1 Å². The number of nitrogens with zero attached hydrogens (tertiary/aromatic N) is 1. The predicted molar refractivity (Wildman–Crippen MR) is 87.1 cm³/mol. The summed E-state index contributed by atoms with van der Waals surface area (Å²) >= 11 is 3.56. The van der Waals surface area contributed by atoms with Crippen molar-refractivity contribution in [2.24, 2.45) is 5.73 Å². The first kappa shape index (κ1) is 14.9. The van der Waals surface area contributed by atoms with Crippen LogP contribution in [0.3, 0.4) is 0 Å². The number of rotatable bonds is 5. The van der Waals surface area contributed by atoms with Crippen molar-refractivity contribution in [1.82, 2.24) is 0 Å². The fourth-order valence-electron chi connectivity index (χ4n) is 2.12. The SMILES string of the molecule is COc1ccccc1CN(C)c1ccc(CN)c(Br)c1. The van der Waals surface area contributed by atoms with E-state index in [1.807, 2.05) is 18.2 Å². The highest BCUT2D eigenvalue weighted by Gasteiger charge is 2.08. The van der Waals surface area contributed by atoms with E-state index >= 15 is 0 Å². The zero-order valence-corrected chi connectivity index (χ0v) is 13.4. The van der Waals surface area contributed by atoms with Crippen LogP contribution in [0, 0.1) is 0 Å². The second-order valence-corrected chi connectivity index (χ2v) is 5.50. The minimum Gasteiger partial charge on any atom is -0.496 e. The largest absolute Gasteiger partial charge is 0.496 e. The minimum absolute atomic E-state index is 0.539. The predicted octanol–water partition coefficient (Wildman–Crippen LogP) is 3.55. The molecule has 2 N–H and O–H groups in total. The molecule has 0 atom stereocenters. The quantitative estimate of drug-likeness (QED) is 0.908. The third-order valence-electron chi connectivity index (χ3n) is 3.30. The summed E-state index contributed by atoms with van der Waals surface area (Å²) in [6, 6.07) is 14.3. The molecule has 0 aliphatic heterocycles. The lowest BCUT2D eigenvalue weighted by Gasteiger charge is -2.21. The Morgan fingerprint density at radius 2 is 1.90 bits per heavy atom. The first-order valence-electron chi connectivity index (χ1n) is 6.47. The smallest absolute Gasteiger partial charge is 0.123 e. The van der Waals surface area contributed by atoms with Gasteiger partial charge in [-0.05, 0) is 23.8 Å². The lowest BCUT2D eigenvalue weighted by atomic mass is 10.1. The minimum atomic E-state index is 0.539. The zero-order chi connectivity index (χ0) is 14.5. The van der Waals surface area contributed by atoms with Gasteiger partial charge in [0.05, 0.1) is 7.11 Å². The van der Waals surface area contributed by atoms with Gasteiger partial charge in [-0.2, -0.15) is 0 Å². The van der Waals surface area contributed by atoms with E-state index in [2.05, 4.69) is 52.1 Å². The lowest BCUT2D eigenvalue weighted by molar-refractivity contribution is 0.409. The van der Waals surface area contributed by atoms with E-state index in [4.69, 9.17) is 10.5 Å². The molecule has 0 aliphatic carbocycles. The average molecular weight is 335 g/mol. The molecule has 0 unspecified atom stereocenters. The molecular formula is C16H19BrN2O. The molecule has 0 bridgehead atoms. The number of anilines is 1. The molecule has 0 fully saturated rings. The topological polar surface area (TPSA) is 38.5 Å². The van der Waals surface area contributed by atoms with Gasteiger partial charge in [0, 0.05) is 35.9 Å². The molecule has 0 heterocycles. The van der Waals surface area contributed by atoms with Crippen LogP contribution in [0.1, 0.15) is 11.1 Å². The summed E-state index contributed by atoms with van der Waals surface area (Å²) in [6.45, 7) is 1.33. The van der Waals surface area contributed by atoms with Crippen molar-refractivity contribution in [2.45, 2.75) is 13.1 Å². The Hall–Kier alpha value is -1.52. The van der Waals surface area contributed by atoms with E-state index in [0.29, 0.717) is 6.54 Å². The monoisotopic (exact) mass is 334 g/mol. The van der Waals surface area contributed by atoms with Crippen molar-refractivity contribution in [3.63, 3.8) is 0 Å². The summed E-state index contributed by atoms with van der Waals surface area (Å²) in [6.07, 6.45) is 0. The van der Waals surface area contributed by atoms with E-state index < -0.39 is 0 Å². The van der Waals surface area contributed by atoms with Crippen LogP contribution in [0.5, 0.6) is 5.75 Å². The van der Waals surface area contributed by atoms with Gasteiger partial charge in [-0.1, -0.05) is 40.2 Å². The third kappa shape index (κ3) is 3.32. The van der Waals surface area contributed by atoms with Crippen LogP contribution in [0.15, 0.2) is 46.9 Å². The number of hydrogen-bond donors (Lipinski definition) is 1. The number of hydrogen-bond acceptors (Lipinski definition) is 3. The highest BCUT2D eigenvalue weighted by Crippen LogP contribution is 2.26. The zero-order valence-electron chi connectivity index (χ0n) is 11.8. The van der Waals surface area contributed by atoms with Crippen molar-refractivity contribution in [1.29, 1.82) is 0 Å². The molecule has 0 saturated heterocycles. The number of para-hydroxylation sites is 1. The van der Waals surface area contributed by atoms with E-state index in [1.165, 1.54) is 0 Å². The van der Waals surface area contributed by atoms with E-state index in [0.717, 1.165) is 33.6 Å². The maximum Gasteiger partial charge on any atom is 0.123 e. The Balaban J connectivity index is 2.19. The fraction of sp³-hybridized carbons (Fsp3) is 0.250. The first-order valence-corrected chi connectivity index (χ1v) is 7.26. The van der Waals surface area contributed by atoms with Gasteiger partial charge in [0.1, 0.15) is 5.75 Å². The highest BCUT2D eigenvalue weighted by atomic mass is 79.9. The van der Waals surface area contributed by atoms with Gasteiger partial charge < -0.3 is 15.4 Å². The fourth-order valence-corrected chi connectivity index (χ4v) is 2.65. The Morgan fingerprint density at radius 3 is 2.55 bits per heavy atom. The van der Waals surface area contributed by atoms with Crippen molar-refractivity contribution in [3.8, 4) is 5.75 Å². The van der Waals surface area contributed by atoms with Crippen LogP contribution in [0.25, 0.3) is 0 Å². The lowest BCUT2D eigenvalue weighted by Crippen LogP contribution is -2.17. The molecule has 0 spiro atoms. The van der Waals surface area contributed by atoms with Crippen LogP contribution in [0.4, 0.5) is 5.69 Å². The molecule has 4 heteroatoms. The Labute approximate surface area is 128 Å². The van der Waals surface area contributed by atoms with Crippen molar-refractivity contribution >= 4 is 21.6 Å². The number of benzene rings is 2. The van der Waals surface area contributed by atoms with Gasteiger partial charge in [-0.25, -0.2) is 0 Å². The summed E-state index contributed by atoms with van der Waals surface area (Å²) in [5, 5.41) is 0. The molecule has 20 heavy (non-hydrogen) atoms. The number of halogens is 1. The molecule has 106 valence electrons. The third-order valence-corrected chi connectivity index (χ3v) is 4.04. The van der Waals surface area contributed by atoms with Gasteiger partial charge >= 0.3 is 0 Å². The second kappa shape index (κ2) is 6.77. The van der Waals surface area contributed by atoms with Gasteiger partial charge in [0.2, 0.25) is 0 Å². The first-order chi connectivity index (χ1) is 9.65. The van der Waals surface area contributed by atoms with Gasteiger partial charge in [-0.15, -0.1) is 0 Å². The summed E-state index contributed by atoms with van der Waals surface area (Å²) in [7, 11) is 3.77. The van der Waals surface area contributed by atoms with Crippen LogP contribution >= 0.6 is 15.9 Å². The summed E-state index contributed by atoms with van der Waals surface area (Å²) < 4.78 is 6.44.